The monoisotopic (exact) mass is 266 g/mol. The van der Waals surface area contributed by atoms with Gasteiger partial charge in [0, 0.05) is 12.6 Å². The maximum absolute atomic E-state index is 13.5. The number of benzene rings is 1. The molecule has 3 N–H and O–H groups in total. The molecule has 1 fully saturated rings. The number of nitrogens with one attached hydrogen (secondary N) is 2. The van der Waals surface area contributed by atoms with E-state index in [0.717, 1.165) is 0 Å². The molecule has 1 unspecified atom stereocenters. The Bertz CT molecular complexity index is 519. The van der Waals surface area contributed by atoms with Crippen molar-refractivity contribution in [3.63, 3.8) is 0 Å². The number of hydrogen-bond acceptors (Lipinski definition) is 2. The molecule has 0 bridgehead atoms. The van der Waals surface area contributed by atoms with Gasteiger partial charge < -0.3 is 15.7 Å². The molecule has 19 heavy (non-hydrogen) atoms. The van der Waals surface area contributed by atoms with Crippen LogP contribution in [0, 0.1) is 12.7 Å². The number of carboxylic acid groups (broad SMARTS) is 1. The van der Waals surface area contributed by atoms with E-state index in [1.807, 2.05) is 0 Å². The maximum atomic E-state index is 13.5. The number of carbonyl (C=O) groups excluding carboxylic acids is 1. The first-order chi connectivity index (χ1) is 8.97. The van der Waals surface area contributed by atoms with Gasteiger partial charge in [0.15, 0.2) is 0 Å². The maximum Gasteiger partial charge on any atom is 0.404 e. The Balaban J connectivity index is 2.07. The summed E-state index contributed by atoms with van der Waals surface area (Å²) in [6.45, 7) is 1.82. The van der Waals surface area contributed by atoms with E-state index in [9.17, 15) is 14.0 Å². The Morgan fingerprint density at radius 1 is 1.58 bits per heavy atom. The third kappa shape index (κ3) is 3.01. The second kappa shape index (κ2) is 5.26. The van der Waals surface area contributed by atoms with E-state index in [1.165, 1.54) is 6.07 Å². The molecular formula is C13H15FN2O3. The van der Waals surface area contributed by atoms with Crippen molar-refractivity contribution in [2.24, 2.45) is 0 Å². The average molecular weight is 266 g/mol. The molecule has 0 aromatic heterocycles. The van der Waals surface area contributed by atoms with Gasteiger partial charge in [-0.1, -0.05) is 12.1 Å². The Hall–Kier alpha value is -2.11. The number of halogens is 1. The first-order valence-corrected chi connectivity index (χ1v) is 6.00. The van der Waals surface area contributed by atoms with Crippen molar-refractivity contribution < 1.29 is 19.1 Å². The van der Waals surface area contributed by atoms with Crippen LogP contribution in [0.2, 0.25) is 0 Å². The molecule has 1 aliphatic rings. The summed E-state index contributed by atoms with van der Waals surface area (Å²) in [5.74, 6) is -0.950. The molecule has 0 aliphatic carbocycles. The minimum absolute atomic E-state index is 0.159. The van der Waals surface area contributed by atoms with Gasteiger partial charge in [0.1, 0.15) is 5.82 Å². The summed E-state index contributed by atoms with van der Waals surface area (Å²) in [6, 6.07) is 4.49. The van der Waals surface area contributed by atoms with Crippen LogP contribution >= 0.6 is 0 Å². The molecule has 2 rings (SSSR count). The van der Waals surface area contributed by atoms with Gasteiger partial charge in [-0.25, -0.2) is 9.18 Å². The Labute approximate surface area is 109 Å². The van der Waals surface area contributed by atoms with Gasteiger partial charge in [0.2, 0.25) is 5.91 Å². The fourth-order valence-electron chi connectivity index (χ4n) is 2.21. The first-order valence-electron chi connectivity index (χ1n) is 6.00. The highest BCUT2D eigenvalue weighted by Gasteiger charge is 2.33. The van der Waals surface area contributed by atoms with Crippen LogP contribution in [0.25, 0.3) is 0 Å². The third-order valence-corrected chi connectivity index (χ3v) is 3.28. The van der Waals surface area contributed by atoms with E-state index in [-0.39, 0.29) is 24.3 Å². The van der Waals surface area contributed by atoms with Crippen molar-refractivity contribution in [1.29, 1.82) is 0 Å². The number of hydrogen-bond donors (Lipinski definition) is 3. The molecule has 1 aromatic carbocycles. The largest absolute Gasteiger partial charge is 0.465 e. The Kier molecular flexibility index (Phi) is 3.69. The lowest BCUT2D eigenvalue weighted by Crippen LogP contribution is -2.37. The van der Waals surface area contributed by atoms with Crippen LogP contribution in [0.1, 0.15) is 23.5 Å². The van der Waals surface area contributed by atoms with E-state index < -0.39 is 12.0 Å². The van der Waals surface area contributed by atoms with E-state index in [2.05, 4.69) is 10.6 Å². The van der Waals surface area contributed by atoms with Crippen LogP contribution in [-0.2, 0) is 4.79 Å². The fourth-order valence-corrected chi connectivity index (χ4v) is 2.21. The van der Waals surface area contributed by atoms with Gasteiger partial charge in [0.05, 0.1) is 5.92 Å². The van der Waals surface area contributed by atoms with Gasteiger partial charge >= 0.3 is 6.09 Å². The smallest absolute Gasteiger partial charge is 0.404 e. The zero-order valence-electron chi connectivity index (χ0n) is 10.4. The zero-order valence-corrected chi connectivity index (χ0v) is 10.4. The number of amides is 2. The van der Waals surface area contributed by atoms with Gasteiger partial charge in [-0.3, -0.25) is 4.79 Å². The highest BCUT2D eigenvalue weighted by Crippen LogP contribution is 2.27. The van der Waals surface area contributed by atoms with Crippen molar-refractivity contribution in [1.82, 2.24) is 10.6 Å². The lowest BCUT2D eigenvalue weighted by Gasteiger charge is -2.10. The lowest BCUT2D eigenvalue weighted by molar-refractivity contribution is -0.120. The van der Waals surface area contributed by atoms with Gasteiger partial charge in [-0.15, -0.1) is 0 Å². The van der Waals surface area contributed by atoms with Crippen LogP contribution in [-0.4, -0.2) is 29.7 Å². The number of aryl methyl sites for hydroxylation is 1. The summed E-state index contributed by atoms with van der Waals surface area (Å²) < 4.78 is 13.5. The average Bonchev–Trinajstić information content (AvgIpc) is 2.72. The molecule has 0 saturated carbocycles. The molecule has 1 saturated heterocycles. The van der Waals surface area contributed by atoms with Crippen molar-refractivity contribution in [2.45, 2.75) is 25.3 Å². The molecule has 2 atom stereocenters. The molecule has 1 aliphatic heterocycles. The quantitative estimate of drug-likeness (QED) is 0.773. The lowest BCUT2D eigenvalue weighted by atomic mass is 9.95. The van der Waals surface area contributed by atoms with E-state index >= 15 is 0 Å². The molecule has 1 heterocycles. The van der Waals surface area contributed by atoms with Crippen molar-refractivity contribution in [3.05, 3.63) is 35.1 Å². The molecule has 0 radical (unpaired) electrons. The minimum Gasteiger partial charge on any atom is -0.465 e. The summed E-state index contributed by atoms with van der Waals surface area (Å²) >= 11 is 0. The van der Waals surface area contributed by atoms with E-state index in [4.69, 9.17) is 5.11 Å². The third-order valence-electron chi connectivity index (χ3n) is 3.28. The summed E-state index contributed by atoms with van der Waals surface area (Å²) in [4.78, 5) is 22.2. The predicted octanol–water partition coefficient (Wildman–Crippen LogP) is 1.37. The summed E-state index contributed by atoms with van der Waals surface area (Å²) in [6.07, 6.45) is -0.666. The highest BCUT2D eigenvalue weighted by molar-refractivity contribution is 5.86. The van der Waals surface area contributed by atoms with Crippen molar-refractivity contribution >= 4 is 12.0 Å². The minimum atomic E-state index is -1.13. The van der Waals surface area contributed by atoms with Gasteiger partial charge in [-0.05, 0) is 30.5 Å². The molecule has 0 spiro atoms. The van der Waals surface area contributed by atoms with Gasteiger partial charge in [-0.2, -0.15) is 0 Å². The summed E-state index contributed by atoms with van der Waals surface area (Å²) in [7, 11) is 0. The van der Waals surface area contributed by atoms with Crippen LogP contribution in [0.15, 0.2) is 18.2 Å². The molecule has 102 valence electrons. The zero-order chi connectivity index (χ0) is 14.0. The standard InChI is InChI=1S/C13H15FN2O3/c1-7-2-3-8(4-11(7)14)10-5-9(16-12(10)17)6-15-13(18)19/h2-4,9-10,15H,5-6H2,1H3,(H,16,17)(H,18,19)/t9?,10-/m1/s1. The topological polar surface area (TPSA) is 78.4 Å². The number of carbonyl (C=O) groups is 2. The second-order valence-corrected chi connectivity index (χ2v) is 4.69. The van der Waals surface area contributed by atoms with E-state index in [0.29, 0.717) is 17.5 Å². The normalized spacial score (nSPS) is 22.1. The highest BCUT2D eigenvalue weighted by atomic mass is 19.1. The molecule has 6 heteroatoms. The summed E-state index contributed by atoms with van der Waals surface area (Å²) in [5.41, 5.74) is 1.16. The molecule has 5 nitrogen and oxygen atoms in total. The Morgan fingerprint density at radius 3 is 2.95 bits per heavy atom. The Morgan fingerprint density at radius 2 is 2.32 bits per heavy atom. The van der Waals surface area contributed by atoms with Crippen LogP contribution in [0.3, 0.4) is 0 Å². The summed E-state index contributed by atoms with van der Waals surface area (Å²) in [5, 5.41) is 13.4. The predicted molar refractivity (Wildman–Crippen MR) is 66.5 cm³/mol. The second-order valence-electron chi connectivity index (χ2n) is 4.69. The SMILES string of the molecule is Cc1ccc([C@H]2CC(CNC(=O)O)NC2=O)cc1F. The van der Waals surface area contributed by atoms with E-state index in [1.54, 1.807) is 19.1 Å². The van der Waals surface area contributed by atoms with Crippen LogP contribution in [0.5, 0.6) is 0 Å². The molecule has 1 aromatic rings. The van der Waals surface area contributed by atoms with Crippen LogP contribution < -0.4 is 10.6 Å². The van der Waals surface area contributed by atoms with Gasteiger partial charge in [0.25, 0.3) is 0 Å². The van der Waals surface area contributed by atoms with Crippen LogP contribution in [0.4, 0.5) is 9.18 Å². The van der Waals surface area contributed by atoms with Crippen molar-refractivity contribution in [3.8, 4) is 0 Å². The first kappa shape index (κ1) is 13.3. The molecule has 2 amide bonds. The fraction of sp³-hybridized carbons (Fsp3) is 0.385. The molecular weight excluding hydrogens is 251 g/mol. The number of rotatable bonds is 3. The van der Waals surface area contributed by atoms with Crippen molar-refractivity contribution in [2.75, 3.05) is 6.54 Å².